The molecule has 1 fully saturated rings. The van der Waals surface area contributed by atoms with E-state index in [2.05, 4.69) is 6.58 Å². The van der Waals surface area contributed by atoms with Crippen LogP contribution in [-0.4, -0.2) is 34.5 Å². The second-order valence-electron chi connectivity index (χ2n) is 7.43. The molecule has 1 aliphatic carbocycles. The molecule has 4 heteroatoms. The van der Waals surface area contributed by atoms with E-state index in [1.54, 1.807) is 32.1 Å². The summed E-state index contributed by atoms with van der Waals surface area (Å²) in [7, 11) is 0. The minimum absolute atomic E-state index is 0.0263. The van der Waals surface area contributed by atoms with Gasteiger partial charge in [-0.1, -0.05) is 42.0 Å². The average Bonchev–Trinajstić information content (AvgIpc) is 2.49. The lowest BCUT2D eigenvalue weighted by Crippen LogP contribution is -2.34. The van der Waals surface area contributed by atoms with Gasteiger partial charge < -0.3 is 14.9 Å². The number of cyclic esters (lactones) is 1. The quantitative estimate of drug-likeness (QED) is 0.463. The van der Waals surface area contributed by atoms with E-state index in [9.17, 15) is 15.0 Å². The van der Waals surface area contributed by atoms with Crippen LogP contribution in [0.4, 0.5) is 0 Å². The lowest BCUT2D eigenvalue weighted by molar-refractivity contribution is -0.144. The van der Waals surface area contributed by atoms with Crippen molar-refractivity contribution in [1.29, 1.82) is 0 Å². The fourth-order valence-electron chi connectivity index (χ4n) is 3.34. The maximum absolute atomic E-state index is 12.3. The van der Waals surface area contributed by atoms with E-state index in [0.29, 0.717) is 18.6 Å². The van der Waals surface area contributed by atoms with E-state index in [0.717, 1.165) is 24.0 Å². The SMILES string of the molecule is C=C1C[C@@H](O)/C=C(\C)CCC2/C(=C/C=C/C(C)(C)O)C(=O)OCC12. The molecule has 0 radical (unpaired) electrons. The second-order valence-corrected chi connectivity index (χ2v) is 7.43. The van der Waals surface area contributed by atoms with E-state index in [4.69, 9.17) is 4.74 Å². The number of hydrogen-bond acceptors (Lipinski definition) is 4. The first-order valence-electron chi connectivity index (χ1n) is 8.49. The van der Waals surface area contributed by atoms with Crippen molar-refractivity contribution in [3.8, 4) is 0 Å². The molecule has 0 aromatic carbocycles. The van der Waals surface area contributed by atoms with Crippen LogP contribution in [0.2, 0.25) is 0 Å². The van der Waals surface area contributed by atoms with Crippen LogP contribution in [0.5, 0.6) is 0 Å². The van der Waals surface area contributed by atoms with Gasteiger partial charge in [0, 0.05) is 17.4 Å². The van der Waals surface area contributed by atoms with E-state index >= 15 is 0 Å². The van der Waals surface area contributed by atoms with Gasteiger partial charge in [-0.05, 0) is 40.0 Å². The zero-order valence-corrected chi connectivity index (χ0v) is 14.8. The predicted molar refractivity (Wildman–Crippen MR) is 94.2 cm³/mol. The van der Waals surface area contributed by atoms with Gasteiger partial charge in [0.25, 0.3) is 0 Å². The topological polar surface area (TPSA) is 66.8 Å². The van der Waals surface area contributed by atoms with Gasteiger partial charge in [-0.3, -0.25) is 0 Å². The molecule has 0 aromatic rings. The fourth-order valence-corrected chi connectivity index (χ4v) is 3.34. The Bertz CT molecular complexity index is 589. The normalized spacial score (nSPS) is 33.3. The summed E-state index contributed by atoms with van der Waals surface area (Å²) in [4.78, 5) is 12.3. The summed E-state index contributed by atoms with van der Waals surface area (Å²) in [5, 5.41) is 19.9. The van der Waals surface area contributed by atoms with Gasteiger partial charge in [0.15, 0.2) is 0 Å². The van der Waals surface area contributed by atoms with E-state index < -0.39 is 11.7 Å². The zero-order valence-electron chi connectivity index (χ0n) is 14.8. The van der Waals surface area contributed by atoms with Crippen molar-refractivity contribution in [2.75, 3.05) is 6.61 Å². The fraction of sp³-hybridized carbons (Fsp3) is 0.550. The number of rotatable bonds is 2. The first-order chi connectivity index (χ1) is 11.2. The highest BCUT2D eigenvalue weighted by Gasteiger charge is 2.37. The summed E-state index contributed by atoms with van der Waals surface area (Å²) in [6.07, 6.45) is 8.59. The van der Waals surface area contributed by atoms with Crippen molar-refractivity contribution >= 4 is 5.97 Å². The van der Waals surface area contributed by atoms with Gasteiger partial charge >= 0.3 is 5.97 Å². The van der Waals surface area contributed by atoms with E-state index in [1.165, 1.54) is 0 Å². The van der Waals surface area contributed by atoms with E-state index in [1.807, 2.05) is 13.0 Å². The van der Waals surface area contributed by atoms with E-state index in [-0.39, 0.29) is 17.8 Å². The Labute approximate surface area is 144 Å². The summed E-state index contributed by atoms with van der Waals surface area (Å²) in [5.41, 5.74) is 1.74. The van der Waals surface area contributed by atoms with Gasteiger partial charge in [-0.2, -0.15) is 0 Å². The smallest absolute Gasteiger partial charge is 0.334 e. The standard InChI is InChI=1S/C20H28O4/c1-13-7-8-16-17(6-5-9-20(3,4)23)19(22)24-12-18(16)14(2)11-15(21)10-13/h5-6,9-10,15-16,18,21,23H,2,7-8,11-12H2,1,3-4H3/b9-5+,13-10+,17-6-/t15-,16?,18?/m0/s1. The third kappa shape index (κ3) is 4.92. The van der Waals surface area contributed by atoms with Crippen molar-refractivity contribution in [3.63, 3.8) is 0 Å². The molecule has 1 saturated heterocycles. The largest absolute Gasteiger partial charge is 0.462 e. The molecule has 2 aliphatic rings. The number of hydrogen-bond donors (Lipinski definition) is 2. The van der Waals surface area contributed by atoms with Crippen molar-refractivity contribution in [2.24, 2.45) is 11.8 Å². The number of aliphatic hydroxyl groups excluding tert-OH is 1. The first-order valence-corrected chi connectivity index (χ1v) is 8.49. The highest BCUT2D eigenvalue weighted by atomic mass is 16.5. The molecule has 2 unspecified atom stereocenters. The van der Waals surface area contributed by atoms with Crippen LogP contribution >= 0.6 is 0 Å². The summed E-state index contributed by atoms with van der Waals surface area (Å²) in [5.74, 6) is -0.247. The number of aliphatic hydroxyl groups is 2. The Morgan fingerprint density at radius 2 is 2.08 bits per heavy atom. The molecular weight excluding hydrogens is 304 g/mol. The van der Waals surface area contributed by atoms with Crippen LogP contribution in [0.15, 0.2) is 47.6 Å². The molecule has 2 rings (SSSR count). The van der Waals surface area contributed by atoms with Crippen molar-refractivity contribution in [2.45, 2.75) is 51.7 Å². The molecule has 0 saturated carbocycles. The lowest BCUT2D eigenvalue weighted by Gasteiger charge is -2.34. The molecular formula is C20H28O4. The van der Waals surface area contributed by atoms with Crippen LogP contribution in [0, 0.1) is 11.8 Å². The minimum atomic E-state index is -0.930. The van der Waals surface area contributed by atoms with Gasteiger partial charge in [-0.25, -0.2) is 4.79 Å². The number of esters is 1. The third-order valence-electron chi connectivity index (χ3n) is 4.62. The van der Waals surface area contributed by atoms with Crippen LogP contribution < -0.4 is 0 Å². The summed E-state index contributed by atoms with van der Waals surface area (Å²) in [6.45, 7) is 9.82. The van der Waals surface area contributed by atoms with Crippen molar-refractivity contribution in [3.05, 3.63) is 47.6 Å². The molecule has 0 aromatic heterocycles. The van der Waals surface area contributed by atoms with Gasteiger partial charge in [0.2, 0.25) is 0 Å². The predicted octanol–water partition coefficient (Wildman–Crippen LogP) is 3.08. The number of carbonyl (C=O) groups excluding carboxylic acids is 1. The summed E-state index contributed by atoms with van der Waals surface area (Å²) >= 11 is 0. The maximum atomic E-state index is 12.3. The molecule has 3 atom stereocenters. The molecule has 1 aliphatic heterocycles. The Morgan fingerprint density at radius 1 is 1.38 bits per heavy atom. The van der Waals surface area contributed by atoms with Crippen molar-refractivity contribution < 1.29 is 19.7 Å². The number of carbonyl (C=O) groups is 1. The Kier molecular flexibility index (Phi) is 5.83. The number of fused-ring (bicyclic) bond motifs is 1. The Balaban J connectivity index is 2.32. The molecule has 0 bridgehead atoms. The average molecular weight is 332 g/mol. The molecule has 24 heavy (non-hydrogen) atoms. The molecule has 2 N–H and O–H groups in total. The van der Waals surface area contributed by atoms with Crippen LogP contribution in [0.1, 0.15) is 40.0 Å². The highest BCUT2D eigenvalue weighted by Crippen LogP contribution is 2.38. The first kappa shape index (κ1) is 18.7. The second kappa shape index (κ2) is 7.49. The Morgan fingerprint density at radius 3 is 2.75 bits per heavy atom. The molecule has 132 valence electrons. The third-order valence-corrected chi connectivity index (χ3v) is 4.62. The number of allylic oxidation sites excluding steroid dienone is 3. The lowest BCUT2D eigenvalue weighted by atomic mass is 9.76. The number of ether oxygens (including phenoxy) is 1. The van der Waals surface area contributed by atoms with Gasteiger partial charge in [-0.15, -0.1) is 0 Å². The van der Waals surface area contributed by atoms with Crippen LogP contribution in [0.25, 0.3) is 0 Å². The summed E-state index contributed by atoms with van der Waals surface area (Å²) in [6, 6.07) is 0. The van der Waals surface area contributed by atoms with Crippen LogP contribution in [0.3, 0.4) is 0 Å². The highest BCUT2D eigenvalue weighted by molar-refractivity contribution is 5.90. The molecule has 0 amide bonds. The van der Waals surface area contributed by atoms with Gasteiger partial charge in [0.05, 0.1) is 18.3 Å². The Hall–Kier alpha value is -1.65. The van der Waals surface area contributed by atoms with Crippen LogP contribution in [-0.2, 0) is 9.53 Å². The monoisotopic (exact) mass is 332 g/mol. The maximum Gasteiger partial charge on any atom is 0.334 e. The zero-order chi connectivity index (χ0) is 17.9. The molecule has 1 heterocycles. The van der Waals surface area contributed by atoms with Crippen molar-refractivity contribution in [1.82, 2.24) is 0 Å². The molecule has 4 nitrogen and oxygen atoms in total. The minimum Gasteiger partial charge on any atom is -0.462 e. The van der Waals surface area contributed by atoms with Gasteiger partial charge in [0.1, 0.15) is 0 Å². The summed E-state index contributed by atoms with van der Waals surface area (Å²) < 4.78 is 5.35. The molecule has 0 spiro atoms.